The molecule has 1 aliphatic carbocycles. The summed E-state index contributed by atoms with van der Waals surface area (Å²) in [7, 11) is 0. The molecule has 1 saturated heterocycles. The maximum Gasteiger partial charge on any atom is 0.235 e. The third kappa shape index (κ3) is 3.22. The van der Waals surface area contributed by atoms with Gasteiger partial charge >= 0.3 is 0 Å². The van der Waals surface area contributed by atoms with Gasteiger partial charge in [0.1, 0.15) is 0 Å². The summed E-state index contributed by atoms with van der Waals surface area (Å²) in [6.07, 6.45) is 5.74. The van der Waals surface area contributed by atoms with Gasteiger partial charge in [0, 0.05) is 25.4 Å². The Morgan fingerprint density at radius 1 is 1.21 bits per heavy atom. The lowest BCUT2D eigenvalue weighted by atomic mass is 9.62. The number of rotatable bonds is 8. The second kappa shape index (κ2) is 7.24. The van der Waals surface area contributed by atoms with E-state index in [0.717, 1.165) is 32.1 Å². The fourth-order valence-corrected chi connectivity index (χ4v) is 4.20. The number of imide groups is 1. The van der Waals surface area contributed by atoms with Gasteiger partial charge in [-0.05, 0) is 31.1 Å². The molecule has 1 N–H and O–H groups in total. The molecule has 1 heterocycles. The second-order valence-electron chi connectivity index (χ2n) is 8.10. The molecular formula is C19H32N2O3. The molecule has 2 aliphatic rings. The van der Waals surface area contributed by atoms with Crippen molar-refractivity contribution in [2.45, 2.75) is 72.6 Å². The van der Waals surface area contributed by atoms with Gasteiger partial charge in [-0.2, -0.15) is 0 Å². The SMILES string of the molecule is CCCCCNC(=O)CCCN1C(=O)C2CCC(C)(C1=O)C2(C)C. The average Bonchev–Trinajstić information content (AvgIpc) is 2.72. The number of unbranched alkanes of at least 4 members (excludes halogenated alkanes) is 2. The van der Waals surface area contributed by atoms with Crippen molar-refractivity contribution in [3.8, 4) is 0 Å². The van der Waals surface area contributed by atoms with Gasteiger partial charge in [-0.3, -0.25) is 19.3 Å². The molecule has 0 aromatic heterocycles. The van der Waals surface area contributed by atoms with E-state index in [0.29, 0.717) is 25.9 Å². The van der Waals surface area contributed by atoms with Crippen molar-refractivity contribution in [2.24, 2.45) is 16.7 Å². The van der Waals surface area contributed by atoms with Crippen LogP contribution in [-0.2, 0) is 14.4 Å². The Bertz CT molecular complexity index is 515. The number of amides is 3. The average molecular weight is 336 g/mol. The molecule has 2 atom stereocenters. The van der Waals surface area contributed by atoms with Crippen LogP contribution in [0.2, 0.25) is 0 Å². The first kappa shape index (κ1) is 18.9. The van der Waals surface area contributed by atoms with Gasteiger partial charge in [-0.25, -0.2) is 0 Å². The monoisotopic (exact) mass is 336 g/mol. The Balaban J connectivity index is 1.85. The van der Waals surface area contributed by atoms with Gasteiger partial charge in [0.25, 0.3) is 0 Å². The van der Waals surface area contributed by atoms with Crippen LogP contribution in [0.5, 0.6) is 0 Å². The van der Waals surface area contributed by atoms with Crippen molar-refractivity contribution in [3.63, 3.8) is 0 Å². The van der Waals surface area contributed by atoms with Crippen LogP contribution in [0.1, 0.15) is 72.6 Å². The normalized spacial score (nSPS) is 28.3. The van der Waals surface area contributed by atoms with Gasteiger partial charge in [0.05, 0.1) is 5.41 Å². The zero-order valence-electron chi connectivity index (χ0n) is 15.6. The number of hydrogen-bond acceptors (Lipinski definition) is 3. The number of piperidine rings is 1. The van der Waals surface area contributed by atoms with E-state index in [1.807, 2.05) is 20.8 Å². The van der Waals surface area contributed by atoms with Crippen molar-refractivity contribution in [2.75, 3.05) is 13.1 Å². The minimum Gasteiger partial charge on any atom is -0.356 e. The Kier molecular flexibility index (Phi) is 5.71. The summed E-state index contributed by atoms with van der Waals surface area (Å²) in [5.74, 6) is -0.140. The molecule has 5 heteroatoms. The maximum atomic E-state index is 12.9. The van der Waals surface area contributed by atoms with Gasteiger partial charge in [0.2, 0.25) is 17.7 Å². The van der Waals surface area contributed by atoms with E-state index in [1.54, 1.807) is 0 Å². The molecule has 1 aliphatic heterocycles. The molecule has 3 amide bonds. The molecule has 2 unspecified atom stereocenters. The van der Waals surface area contributed by atoms with E-state index >= 15 is 0 Å². The lowest BCUT2D eigenvalue weighted by molar-refractivity contribution is -0.168. The molecule has 2 fully saturated rings. The van der Waals surface area contributed by atoms with Crippen molar-refractivity contribution < 1.29 is 14.4 Å². The topological polar surface area (TPSA) is 66.5 Å². The zero-order valence-corrected chi connectivity index (χ0v) is 15.6. The van der Waals surface area contributed by atoms with E-state index in [1.165, 1.54) is 4.90 Å². The number of carbonyl (C=O) groups is 3. The third-order valence-corrected chi connectivity index (χ3v) is 6.40. The largest absolute Gasteiger partial charge is 0.356 e. The van der Waals surface area contributed by atoms with Crippen molar-refractivity contribution in [1.29, 1.82) is 0 Å². The second-order valence-corrected chi connectivity index (χ2v) is 8.10. The third-order valence-electron chi connectivity index (χ3n) is 6.40. The van der Waals surface area contributed by atoms with E-state index in [9.17, 15) is 14.4 Å². The fraction of sp³-hybridized carbons (Fsp3) is 0.842. The van der Waals surface area contributed by atoms with Crippen molar-refractivity contribution in [1.82, 2.24) is 10.2 Å². The van der Waals surface area contributed by atoms with Gasteiger partial charge in [-0.15, -0.1) is 0 Å². The van der Waals surface area contributed by atoms with Crippen LogP contribution in [0.4, 0.5) is 0 Å². The molecule has 0 spiro atoms. The molecule has 2 bridgehead atoms. The first-order valence-electron chi connectivity index (χ1n) is 9.38. The van der Waals surface area contributed by atoms with Crippen LogP contribution in [0.25, 0.3) is 0 Å². The summed E-state index contributed by atoms with van der Waals surface area (Å²) < 4.78 is 0. The van der Waals surface area contributed by atoms with E-state index in [2.05, 4.69) is 12.2 Å². The van der Waals surface area contributed by atoms with Crippen molar-refractivity contribution >= 4 is 17.7 Å². The number of hydrogen-bond donors (Lipinski definition) is 1. The molecular weight excluding hydrogens is 304 g/mol. The van der Waals surface area contributed by atoms with Crippen molar-refractivity contribution in [3.05, 3.63) is 0 Å². The summed E-state index contributed by atoms with van der Waals surface area (Å²) in [5.41, 5.74) is -0.720. The summed E-state index contributed by atoms with van der Waals surface area (Å²) in [5, 5.41) is 2.90. The lowest BCUT2D eigenvalue weighted by Gasteiger charge is -2.47. The zero-order chi connectivity index (χ0) is 18.0. The predicted octanol–water partition coefficient (Wildman–Crippen LogP) is 2.88. The molecule has 0 aromatic carbocycles. The minimum atomic E-state index is -0.450. The quantitative estimate of drug-likeness (QED) is 0.547. The predicted molar refractivity (Wildman–Crippen MR) is 93.1 cm³/mol. The highest BCUT2D eigenvalue weighted by atomic mass is 16.2. The van der Waals surface area contributed by atoms with Crippen LogP contribution in [0.3, 0.4) is 0 Å². The van der Waals surface area contributed by atoms with Gasteiger partial charge in [-0.1, -0.05) is 40.5 Å². The molecule has 2 rings (SSSR count). The summed E-state index contributed by atoms with van der Waals surface area (Å²) >= 11 is 0. The number of fused-ring (bicyclic) bond motifs is 2. The standard InChI is InChI=1S/C19H32N2O3/c1-5-6-7-12-20-15(22)9-8-13-21-16(23)14-10-11-19(4,17(21)24)18(14,2)3/h14H,5-13H2,1-4H3,(H,20,22). The van der Waals surface area contributed by atoms with Gasteiger partial charge < -0.3 is 5.32 Å². The molecule has 0 radical (unpaired) electrons. The van der Waals surface area contributed by atoms with Crippen LogP contribution >= 0.6 is 0 Å². The molecule has 5 nitrogen and oxygen atoms in total. The summed E-state index contributed by atoms with van der Waals surface area (Å²) in [6, 6.07) is 0. The highest BCUT2D eigenvalue weighted by Gasteiger charge is 2.64. The van der Waals surface area contributed by atoms with Gasteiger partial charge in [0.15, 0.2) is 0 Å². The van der Waals surface area contributed by atoms with Crippen LogP contribution in [0, 0.1) is 16.7 Å². The molecule has 1 saturated carbocycles. The highest BCUT2D eigenvalue weighted by Crippen LogP contribution is 2.59. The lowest BCUT2D eigenvalue weighted by Crippen LogP contribution is -2.59. The summed E-state index contributed by atoms with van der Waals surface area (Å²) in [6.45, 7) is 9.28. The first-order valence-corrected chi connectivity index (χ1v) is 9.38. The Morgan fingerprint density at radius 3 is 2.58 bits per heavy atom. The minimum absolute atomic E-state index is 0.0116. The Hall–Kier alpha value is -1.39. The number of nitrogens with zero attached hydrogens (tertiary/aromatic N) is 1. The Morgan fingerprint density at radius 2 is 1.92 bits per heavy atom. The molecule has 24 heavy (non-hydrogen) atoms. The van der Waals surface area contributed by atoms with E-state index < -0.39 is 5.41 Å². The number of nitrogens with one attached hydrogen (secondary N) is 1. The maximum absolute atomic E-state index is 12.9. The Labute approximate surface area is 145 Å². The van der Waals surface area contributed by atoms with Crippen LogP contribution in [-0.4, -0.2) is 35.7 Å². The fourth-order valence-electron chi connectivity index (χ4n) is 4.20. The van der Waals surface area contributed by atoms with E-state index in [-0.39, 0.29) is 29.1 Å². The van der Waals surface area contributed by atoms with E-state index in [4.69, 9.17) is 0 Å². The molecule has 0 aromatic rings. The highest BCUT2D eigenvalue weighted by molar-refractivity contribution is 6.03. The van der Waals surface area contributed by atoms with Crippen LogP contribution < -0.4 is 5.32 Å². The number of likely N-dealkylation sites (tertiary alicyclic amines) is 1. The number of carbonyl (C=O) groups excluding carboxylic acids is 3. The van der Waals surface area contributed by atoms with Crippen LogP contribution in [0.15, 0.2) is 0 Å². The first-order chi connectivity index (χ1) is 11.3. The smallest absolute Gasteiger partial charge is 0.235 e. The summed E-state index contributed by atoms with van der Waals surface area (Å²) in [4.78, 5) is 38.8. The molecule has 136 valence electrons.